The molecule has 0 spiro atoms. The highest BCUT2D eigenvalue weighted by atomic mass is 35.5. The van der Waals surface area contributed by atoms with E-state index in [2.05, 4.69) is 16.2 Å². The summed E-state index contributed by atoms with van der Waals surface area (Å²) in [4.78, 5) is 35.0. The maximum absolute atomic E-state index is 11.8. The second-order valence-electron chi connectivity index (χ2n) is 5.92. The van der Waals surface area contributed by atoms with Gasteiger partial charge in [-0.1, -0.05) is 44.0 Å². The van der Waals surface area contributed by atoms with E-state index in [9.17, 15) is 14.4 Å². The topological polar surface area (TPSA) is 87.3 Å². The summed E-state index contributed by atoms with van der Waals surface area (Å²) in [5.41, 5.74) is 4.37. The molecule has 0 radical (unpaired) electrons. The van der Waals surface area contributed by atoms with Crippen molar-refractivity contribution in [1.82, 2.24) is 10.9 Å². The maximum Gasteiger partial charge on any atom is 0.243 e. The Morgan fingerprint density at radius 2 is 1.61 bits per heavy atom. The van der Waals surface area contributed by atoms with Crippen molar-refractivity contribution in [2.45, 2.75) is 33.6 Å². The number of carbonyl (C=O) groups is 3. The Kier molecular flexibility index (Phi) is 6.84. The van der Waals surface area contributed by atoms with Crippen molar-refractivity contribution in [3.05, 3.63) is 28.2 Å². The molecule has 1 rings (SSSR count). The van der Waals surface area contributed by atoms with Crippen LogP contribution < -0.4 is 16.2 Å². The fourth-order valence-corrected chi connectivity index (χ4v) is 1.86. The van der Waals surface area contributed by atoms with Crippen molar-refractivity contribution < 1.29 is 14.4 Å². The summed E-state index contributed by atoms with van der Waals surface area (Å²) in [6.45, 7) is 5.16. The Morgan fingerprint density at radius 3 is 2.17 bits per heavy atom. The molecule has 0 atom stereocenters. The lowest BCUT2D eigenvalue weighted by Crippen LogP contribution is -2.46. The zero-order valence-corrected chi connectivity index (χ0v) is 14.6. The highest BCUT2D eigenvalue weighted by molar-refractivity contribution is 6.36. The fourth-order valence-electron chi connectivity index (χ4n) is 1.41. The fraction of sp³-hybridized carbons (Fsp3) is 0.400. The van der Waals surface area contributed by atoms with Gasteiger partial charge >= 0.3 is 0 Å². The normalized spacial score (nSPS) is 10.8. The van der Waals surface area contributed by atoms with Gasteiger partial charge in [-0.15, -0.1) is 0 Å². The van der Waals surface area contributed by atoms with Crippen LogP contribution in [0.25, 0.3) is 0 Å². The summed E-state index contributed by atoms with van der Waals surface area (Å²) in [6, 6.07) is 4.68. The first-order valence-electron chi connectivity index (χ1n) is 6.94. The summed E-state index contributed by atoms with van der Waals surface area (Å²) in [6.07, 6.45) is -0.113. The summed E-state index contributed by atoms with van der Waals surface area (Å²) in [7, 11) is 0. The Labute approximate surface area is 144 Å². The van der Waals surface area contributed by atoms with Crippen molar-refractivity contribution in [2.75, 3.05) is 5.32 Å². The molecular formula is C15H19Cl2N3O3. The molecule has 1 aromatic carbocycles. The van der Waals surface area contributed by atoms with E-state index >= 15 is 0 Å². The second-order valence-corrected chi connectivity index (χ2v) is 6.77. The molecule has 8 heteroatoms. The van der Waals surface area contributed by atoms with Gasteiger partial charge in [-0.2, -0.15) is 0 Å². The van der Waals surface area contributed by atoms with Crippen LogP contribution in [0, 0.1) is 5.41 Å². The lowest BCUT2D eigenvalue weighted by atomic mass is 9.96. The zero-order valence-electron chi connectivity index (χ0n) is 13.1. The third kappa shape index (κ3) is 6.88. The number of amides is 3. The number of hydrogen-bond acceptors (Lipinski definition) is 3. The third-order valence-corrected chi connectivity index (χ3v) is 3.33. The monoisotopic (exact) mass is 359 g/mol. The second kappa shape index (κ2) is 8.17. The van der Waals surface area contributed by atoms with E-state index in [0.29, 0.717) is 15.7 Å². The summed E-state index contributed by atoms with van der Waals surface area (Å²) >= 11 is 11.7. The maximum atomic E-state index is 11.8. The summed E-state index contributed by atoms with van der Waals surface area (Å²) < 4.78 is 0. The van der Waals surface area contributed by atoms with E-state index in [0.717, 1.165) is 0 Å². The minimum atomic E-state index is -0.615. The van der Waals surface area contributed by atoms with Crippen molar-refractivity contribution in [3.63, 3.8) is 0 Å². The summed E-state index contributed by atoms with van der Waals surface area (Å²) in [5.74, 6) is -1.14. The first-order chi connectivity index (χ1) is 10.6. The van der Waals surface area contributed by atoms with E-state index in [1.54, 1.807) is 32.9 Å². The van der Waals surface area contributed by atoms with E-state index < -0.39 is 11.3 Å². The molecular weight excluding hydrogens is 341 g/mol. The van der Waals surface area contributed by atoms with Crippen LogP contribution >= 0.6 is 23.2 Å². The van der Waals surface area contributed by atoms with Crippen LogP contribution in [0.5, 0.6) is 0 Å². The lowest BCUT2D eigenvalue weighted by Gasteiger charge is -2.17. The molecule has 0 heterocycles. The van der Waals surface area contributed by atoms with E-state index in [4.69, 9.17) is 23.2 Å². The highest BCUT2D eigenvalue weighted by Crippen LogP contribution is 2.25. The number of benzene rings is 1. The van der Waals surface area contributed by atoms with E-state index in [-0.39, 0.29) is 24.7 Å². The van der Waals surface area contributed by atoms with Crippen LogP contribution in [0.2, 0.25) is 10.0 Å². The van der Waals surface area contributed by atoms with Gasteiger partial charge in [0.15, 0.2) is 0 Å². The first kappa shape index (κ1) is 19.3. The SMILES string of the molecule is CC(C)(C)C(=O)NNC(=O)CCC(=O)Nc1ccc(Cl)cc1Cl. The molecule has 0 aromatic heterocycles. The molecule has 3 amide bonds. The molecule has 1 aromatic rings. The van der Waals surface area contributed by atoms with Crippen LogP contribution in [-0.2, 0) is 14.4 Å². The number of hydrazine groups is 1. The highest BCUT2D eigenvalue weighted by Gasteiger charge is 2.21. The van der Waals surface area contributed by atoms with E-state index in [1.807, 2.05) is 0 Å². The number of carbonyl (C=O) groups excluding carboxylic acids is 3. The largest absolute Gasteiger partial charge is 0.325 e. The minimum absolute atomic E-state index is 0.0455. The van der Waals surface area contributed by atoms with E-state index in [1.165, 1.54) is 6.07 Å². The Morgan fingerprint density at radius 1 is 1.00 bits per heavy atom. The van der Waals surface area contributed by atoms with Gasteiger partial charge in [0.1, 0.15) is 0 Å². The van der Waals surface area contributed by atoms with Gasteiger partial charge in [-0.3, -0.25) is 25.2 Å². The van der Waals surface area contributed by atoms with Gasteiger partial charge in [0, 0.05) is 23.3 Å². The van der Waals surface area contributed by atoms with Crippen LogP contribution in [0.1, 0.15) is 33.6 Å². The molecule has 0 saturated carbocycles. The molecule has 0 unspecified atom stereocenters. The Bertz CT molecular complexity index is 612. The predicted molar refractivity (Wildman–Crippen MR) is 90.1 cm³/mol. The van der Waals surface area contributed by atoms with Gasteiger partial charge in [0.2, 0.25) is 17.7 Å². The quantitative estimate of drug-likeness (QED) is 0.722. The Hall–Kier alpha value is -1.79. The zero-order chi connectivity index (χ0) is 17.6. The number of rotatable bonds is 4. The molecule has 0 aliphatic heterocycles. The third-order valence-electron chi connectivity index (χ3n) is 2.78. The van der Waals surface area contributed by atoms with Crippen molar-refractivity contribution >= 4 is 46.6 Å². The molecule has 0 saturated heterocycles. The molecule has 6 nitrogen and oxygen atoms in total. The standard InChI is InChI=1S/C15H19Cl2N3O3/c1-15(2,3)14(23)20-19-13(22)7-6-12(21)18-11-5-4-9(16)8-10(11)17/h4-5,8H,6-7H2,1-3H3,(H,18,21)(H,19,22)(H,20,23). The van der Waals surface area contributed by atoms with Crippen molar-refractivity contribution in [2.24, 2.45) is 5.41 Å². The smallest absolute Gasteiger partial charge is 0.243 e. The molecule has 0 fully saturated rings. The van der Waals surface area contributed by atoms with Crippen LogP contribution in [0.15, 0.2) is 18.2 Å². The predicted octanol–water partition coefficient (Wildman–Crippen LogP) is 2.91. The van der Waals surface area contributed by atoms with Gasteiger partial charge in [0.05, 0.1) is 10.7 Å². The van der Waals surface area contributed by atoms with Gasteiger partial charge in [-0.25, -0.2) is 0 Å². The minimum Gasteiger partial charge on any atom is -0.325 e. The first-order valence-corrected chi connectivity index (χ1v) is 7.69. The molecule has 0 bridgehead atoms. The van der Waals surface area contributed by atoms with Crippen LogP contribution in [-0.4, -0.2) is 17.7 Å². The van der Waals surface area contributed by atoms with Gasteiger partial charge in [-0.05, 0) is 18.2 Å². The lowest BCUT2D eigenvalue weighted by molar-refractivity contribution is -0.134. The number of halogens is 2. The van der Waals surface area contributed by atoms with Crippen LogP contribution in [0.3, 0.4) is 0 Å². The average molecular weight is 360 g/mol. The molecule has 3 N–H and O–H groups in total. The number of hydrogen-bond donors (Lipinski definition) is 3. The number of anilines is 1. The average Bonchev–Trinajstić information content (AvgIpc) is 2.44. The van der Waals surface area contributed by atoms with Gasteiger partial charge < -0.3 is 5.32 Å². The molecule has 126 valence electrons. The van der Waals surface area contributed by atoms with Crippen LogP contribution in [0.4, 0.5) is 5.69 Å². The van der Waals surface area contributed by atoms with Crippen molar-refractivity contribution in [1.29, 1.82) is 0 Å². The Balaban J connectivity index is 2.38. The summed E-state index contributed by atoms with van der Waals surface area (Å²) in [5, 5.41) is 3.36. The molecule has 0 aliphatic carbocycles. The molecule has 23 heavy (non-hydrogen) atoms. The van der Waals surface area contributed by atoms with Gasteiger partial charge in [0.25, 0.3) is 0 Å². The number of nitrogens with one attached hydrogen (secondary N) is 3. The molecule has 0 aliphatic rings. The van der Waals surface area contributed by atoms with Crippen molar-refractivity contribution in [3.8, 4) is 0 Å².